The summed E-state index contributed by atoms with van der Waals surface area (Å²) in [6.07, 6.45) is 0. The molecule has 0 aliphatic rings. The van der Waals surface area contributed by atoms with Crippen molar-refractivity contribution in [3.8, 4) is 0 Å². The van der Waals surface area contributed by atoms with Gasteiger partial charge < -0.3 is 0 Å². The molecule has 8 heavy (non-hydrogen) atoms. The molecule has 0 atom stereocenters. The molecule has 0 unspecified atom stereocenters. The van der Waals surface area contributed by atoms with Gasteiger partial charge in [-0.05, 0) is 6.72 Å². The van der Waals surface area contributed by atoms with Crippen LogP contribution in [-0.4, -0.2) is 31.8 Å². The first kappa shape index (κ1) is 7.10. The SMILES string of the molecule is C=NC(=N)NN(C)C. The van der Waals surface area contributed by atoms with Crippen LogP contribution in [0.2, 0.25) is 0 Å². The van der Waals surface area contributed by atoms with Crippen molar-refractivity contribution in [1.82, 2.24) is 10.4 Å². The number of nitrogens with one attached hydrogen (secondary N) is 2. The molecule has 0 amide bonds. The molecule has 0 spiro atoms. The second kappa shape index (κ2) is 3.15. The molecule has 0 aromatic carbocycles. The van der Waals surface area contributed by atoms with Gasteiger partial charge >= 0.3 is 0 Å². The number of guanidine groups is 1. The predicted octanol–water partition coefficient (Wildman–Crippen LogP) is -0.312. The van der Waals surface area contributed by atoms with E-state index in [-0.39, 0.29) is 5.96 Å². The van der Waals surface area contributed by atoms with Crippen molar-refractivity contribution >= 4 is 12.7 Å². The smallest absolute Gasteiger partial charge is 0.229 e. The molecule has 4 heteroatoms. The average Bonchev–Trinajstić information content (AvgIpc) is 1.65. The first-order chi connectivity index (χ1) is 3.66. The van der Waals surface area contributed by atoms with Crippen LogP contribution in [-0.2, 0) is 0 Å². The number of hydrazine groups is 1. The second-order valence-electron chi connectivity index (χ2n) is 1.51. The molecule has 0 rings (SSSR count). The second-order valence-corrected chi connectivity index (χ2v) is 1.51. The molecule has 0 saturated carbocycles. The van der Waals surface area contributed by atoms with E-state index in [1.165, 1.54) is 0 Å². The predicted molar refractivity (Wildman–Crippen MR) is 34.1 cm³/mol. The van der Waals surface area contributed by atoms with E-state index in [9.17, 15) is 0 Å². The Kier molecular flexibility index (Phi) is 2.79. The van der Waals surface area contributed by atoms with Gasteiger partial charge in [0, 0.05) is 14.1 Å². The van der Waals surface area contributed by atoms with E-state index in [1.807, 2.05) is 0 Å². The number of hydrogen-bond acceptors (Lipinski definition) is 2. The van der Waals surface area contributed by atoms with Crippen molar-refractivity contribution in [3.63, 3.8) is 0 Å². The van der Waals surface area contributed by atoms with E-state index in [2.05, 4.69) is 17.1 Å². The van der Waals surface area contributed by atoms with E-state index in [4.69, 9.17) is 5.41 Å². The first-order valence-corrected chi connectivity index (χ1v) is 2.16. The zero-order valence-electron chi connectivity index (χ0n) is 5.10. The molecule has 0 heterocycles. The Morgan fingerprint density at radius 1 is 1.75 bits per heavy atom. The minimum absolute atomic E-state index is 0.0648. The minimum Gasteiger partial charge on any atom is -0.288 e. The molecule has 0 aromatic heterocycles. The van der Waals surface area contributed by atoms with Crippen molar-refractivity contribution in [2.45, 2.75) is 0 Å². The lowest BCUT2D eigenvalue weighted by atomic mass is 11.0. The third-order valence-electron chi connectivity index (χ3n) is 0.488. The van der Waals surface area contributed by atoms with Gasteiger partial charge in [-0.25, -0.2) is 10.0 Å². The van der Waals surface area contributed by atoms with Crippen molar-refractivity contribution in [2.75, 3.05) is 14.1 Å². The van der Waals surface area contributed by atoms with Crippen LogP contribution >= 0.6 is 0 Å². The van der Waals surface area contributed by atoms with Gasteiger partial charge in [-0.2, -0.15) is 0 Å². The molecule has 0 aromatic rings. The van der Waals surface area contributed by atoms with Gasteiger partial charge in [0.15, 0.2) is 0 Å². The number of aliphatic imine (C=N–C) groups is 1. The lowest BCUT2D eigenvalue weighted by Crippen LogP contribution is -2.34. The van der Waals surface area contributed by atoms with Crippen molar-refractivity contribution in [3.05, 3.63) is 0 Å². The highest BCUT2D eigenvalue weighted by Crippen LogP contribution is 1.66. The highest BCUT2D eigenvalue weighted by Gasteiger charge is 1.87. The van der Waals surface area contributed by atoms with E-state index in [1.54, 1.807) is 19.1 Å². The van der Waals surface area contributed by atoms with E-state index in [0.29, 0.717) is 0 Å². The van der Waals surface area contributed by atoms with Crippen LogP contribution in [0, 0.1) is 5.41 Å². The largest absolute Gasteiger partial charge is 0.288 e. The maximum absolute atomic E-state index is 6.89. The highest BCUT2D eigenvalue weighted by molar-refractivity contribution is 5.80. The maximum Gasteiger partial charge on any atom is 0.229 e. The lowest BCUT2D eigenvalue weighted by molar-refractivity contribution is 0.359. The average molecular weight is 114 g/mol. The Labute approximate surface area is 48.7 Å². The summed E-state index contributed by atoms with van der Waals surface area (Å²) < 4.78 is 0. The quantitative estimate of drug-likeness (QED) is 0.279. The van der Waals surface area contributed by atoms with Gasteiger partial charge in [0.05, 0.1) is 0 Å². The van der Waals surface area contributed by atoms with Crippen LogP contribution in [0.4, 0.5) is 0 Å². The number of nitrogens with zero attached hydrogens (tertiary/aromatic N) is 2. The van der Waals surface area contributed by atoms with Crippen LogP contribution in [0.5, 0.6) is 0 Å². The molecular formula is C4H10N4. The summed E-state index contributed by atoms with van der Waals surface area (Å²) in [5, 5.41) is 8.51. The van der Waals surface area contributed by atoms with Gasteiger partial charge in [-0.15, -0.1) is 0 Å². The minimum atomic E-state index is 0.0648. The highest BCUT2D eigenvalue weighted by atomic mass is 15.5. The zero-order valence-corrected chi connectivity index (χ0v) is 5.10. The summed E-state index contributed by atoms with van der Waals surface area (Å²) in [5.41, 5.74) is 2.58. The Morgan fingerprint density at radius 3 is 2.38 bits per heavy atom. The summed E-state index contributed by atoms with van der Waals surface area (Å²) in [7, 11) is 3.56. The maximum atomic E-state index is 6.89. The lowest BCUT2D eigenvalue weighted by Gasteiger charge is -2.09. The topological polar surface area (TPSA) is 51.5 Å². The first-order valence-electron chi connectivity index (χ1n) is 2.16. The zero-order chi connectivity index (χ0) is 6.57. The monoisotopic (exact) mass is 114 g/mol. The van der Waals surface area contributed by atoms with E-state index >= 15 is 0 Å². The van der Waals surface area contributed by atoms with Gasteiger partial charge in [0.1, 0.15) is 0 Å². The molecule has 0 fully saturated rings. The van der Waals surface area contributed by atoms with Crippen LogP contribution in [0.25, 0.3) is 0 Å². The summed E-state index contributed by atoms with van der Waals surface area (Å²) >= 11 is 0. The van der Waals surface area contributed by atoms with E-state index < -0.39 is 0 Å². The molecule has 2 N–H and O–H groups in total. The van der Waals surface area contributed by atoms with Gasteiger partial charge in [-0.3, -0.25) is 10.8 Å². The fourth-order valence-corrected chi connectivity index (χ4v) is 0.247. The van der Waals surface area contributed by atoms with Crippen molar-refractivity contribution in [1.29, 1.82) is 5.41 Å². The summed E-state index contributed by atoms with van der Waals surface area (Å²) in [4.78, 5) is 3.31. The molecule has 4 nitrogen and oxygen atoms in total. The Balaban J connectivity index is 3.39. The van der Waals surface area contributed by atoms with E-state index in [0.717, 1.165) is 0 Å². The standard InChI is InChI=1S/C4H10N4/c1-6-4(5)7-8(2)3/h1H2,2-3H3,(H2,5,7). The van der Waals surface area contributed by atoms with Crippen molar-refractivity contribution < 1.29 is 0 Å². The van der Waals surface area contributed by atoms with Crippen LogP contribution in [0.3, 0.4) is 0 Å². The molecule has 0 saturated heterocycles. The third-order valence-corrected chi connectivity index (χ3v) is 0.488. The summed E-state index contributed by atoms with van der Waals surface area (Å²) in [5.74, 6) is 0.0648. The van der Waals surface area contributed by atoms with Crippen LogP contribution in [0.15, 0.2) is 4.99 Å². The van der Waals surface area contributed by atoms with Gasteiger partial charge in [-0.1, -0.05) is 0 Å². The Bertz CT molecular complexity index is 96.2. The summed E-state index contributed by atoms with van der Waals surface area (Å²) in [6.45, 7) is 3.15. The fraction of sp³-hybridized carbons (Fsp3) is 0.500. The van der Waals surface area contributed by atoms with Crippen molar-refractivity contribution in [2.24, 2.45) is 4.99 Å². The van der Waals surface area contributed by atoms with Gasteiger partial charge in [0.25, 0.3) is 0 Å². The Morgan fingerprint density at radius 2 is 2.25 bits per heavy atom. The molecule has 0 radical (unpaired) electrons. The molecule has 46 valence electrons. The molecule has 0 bridgehead atoms. The summed E-state index contributed by atoms with van der Waals surface area (Å²) in [6, 6.07) is 0. The third kappa shape index (κ3) is 3.30. The Hall–Kier alpha value is -0.900. The fourth-order valence-electron chi connectivity index (χ4n) is 0.247. The van der Waals surface area contributed by atoms with Crippen LogP contribution < -0.4 is 5.43 Å². The molecule has 0 aliphatic heterocycles. The van der Waals surface area contributed by atoms with Crippen LogP contribution in [0.1, 0.15) is 0 Å². The van der Waals surface area contributed by atoms with Gasteiger partial charge in [0.2, 0.25) is 5.96 Å². The number of hydrogen-bond donors (Lipinski definition) is 2. The molecule has 0 aliphatic carbocycles. The molecular weight excluding hydrogens is 104 g/mol. The normalized spacial score (nSPS) is 8.88. The number of rotatable bonds is 1.